The van der Waals surface area contributed by atoms with Crippen LogP contribution in [0.25, 0.3) is 0 Å². The minimum Gasteiger partial charge on any atom is -0.329 e. The summed E-state index contributed by atoms with van der Waals surface area (Å²) < 4.78 is 36.0. The van der Waals surface area contributed by atoms with Crippen LogP contribution in [0.1, 0.15) is 39.0 Å². The number of nitrogens with one attached hydrogen (secondary N) is 1. The Morgan fingerprint density at radius 2 is 2.12 bits per heavy atom. The van der Waals surface area contributed by atoms with Gasteiger partial charge in [0, 0.05) is 12.6 Å². The van der Waals surface area contributed by atoms with Crippen LogP contribution in [0.5, 0.6) is 0 Å². The number of rotatable bonds is 3. The number of hydrogen-bond acceptors (Lipinski definition) is 1. The summed E-state index contributed by atoms with van der Waals surface area (Å²) in [4.78, 5) is 13.2. The average Bonchev–Trinajstić information content (AvgIpc) is 2.26. The lowest BCUT2D eigenvalue weighted by Crippen LogP contribution is -2.50. The number of likely N-dealkylation sites (tertiary alicyclic amines) is 1. The van der Waals surface area contributed by atoms with Crippen molar-refractivity contribution in [1.82, 2.24) is 10.2 Å². The first-order valence-corrected chi connectivity index (χ1v) is 6.05. The zero-order valence-electron chi connectivity index (χ0n) is 10.0. The van der Waals surface area contributed by atoms with Gasteiger partial charge in [-0.25, -0.2) is 4.79 Å². The van der Waals surface area contributed by atoms with Gasteiger partial charge in [-0.1, -0.05) is 13.3 Å². The van der Waals surface area contributed by atoms with Gasteiger partial charge in [0.15, 0.2) is 0 Å². The van der Waals surface area contributed by atoms with E-state index in [1.807, 2.05) is 12.2 Å². The van der Waals surface area contributed by atoms with Crippen molar-refractivity contribution in [3.05, 3.63) is 0 Å². The number of piperidine rings is 1. The van der Waals surface area contributed by atoms with Crippen molar-refractivity contribution in [3.8, 4) is 0 Å². The number of nitrogens with zero attached hydrogens (tertiary/aromatic N) is 1. The number of amides is 2. The second-order valence-electron chi connectivity index (χ2n) is 4.41. The van der Waals surface area contributed by atoms with E-state index in [0.717, 1.165) is 32.1 Å². The van der Waals surface area contributed by atoms with Crippen LogP contribution < -0.4 is 5.32 Å². The molecular formula is C11H19F3N2O. The molecule has 0 spiro atoms. The standard InChI is InChI=1S/C11H19F3N2O/c1-2-5-9-6-3-4-7-16(9)10(17)15-8-11(12,13)14/h9H,2-8H2,1H3,(H,15,17). The summed E-state index contributed by atoms with van der Waals surface area (Å²) in [6.07, 6.45) is 0.277. The summed E-state index contributed by atoms with van der Waals surface area (Å²) >= 11 is 0. The van der Waals surface area contributed by atoms with Crippen LogP contribution in [0.3, 0.4) is 0 Å². The summed E-state index contributed by atoms with van der Waals surface area (Å²) in [5.74, 6) is 0. The Morgan fingerprint density at radius 3 is 2.71 bits per heavy atom. The number of halogens is 3. The average molecular weight is 252 g/mol. The van der Waals surface area contributed by atoms with E-state index in [-0.39, 0.29) is 6.04 Å². The molecule has 1 saturated heterocycles. The maximum Gasteiger partial charge on any atom is 0.405 e. The monoisotopic (exact) mass is 252 g/mol. The minimum absolute atomic E-state index is 0.0991. The molecule has 1 atom stereocenters. The lowest BCUT2D eigenvalue weighted by molar-refractivity contribution is -0.123. The fourth-order valence-corrected chi connectivity index (χ4v) is 2.18. The zero-order valence-corrected chi connectivity index (χ0v) is 10.0. The smallest absolute Gasteiger partial charge is 0.329 e. The van der Waals surface area contributed by atoms with E-state index in [1.54, 1.807) is 4.90 Å². The first-order chi connectivity index (χ1) is 7.94. The third-order valence-corrected chi connectivity index (χ3v) is 2.95. The molecule has 1 heterocycles. The van der Waals surface area contributed by atoms with E-state index >= 15 is 0 Å². The van der Waals surface area contributed by atoms with E-state index in [9.17, 15) is 18.0 Å². The van der Waals surface area contributed by atoms with Crippen molar-refractivity contribution < 1.29 is 18.0 Å². The second-order valence-corrected chi connectivity index (χ2v) is 4.41. The Hall–Kier alpha value is -0.940. The van der Waals surface area contributed by atoms with E-state index in [0.29, 0.717) is 6.54 Å². The molecule has 3 nitrogen and oxygen atoms in total. The van der Waals surface area contributed by atoms with Crippen molar-refractivity contribution in [3.63, 3.8) is 0 Å². The Morgan fingerprint density at radius 1 is 1.41 bits per heavy atom. The highest BCUT2D eigenvalue weighted by atomic mass is 19.4. The number of carbonyl (C=O) groups excluding carboxylic acids is 1. The molecule has 1 fully saturated rings. The second kappa shape index (κ2) is 6.12. The van der Waals surface area contributed by atoms with E-state index in [2.05, 4.69) is 0 Å². The molecule has 2 amide bonds. The van der Waals surface area contributed by atoms with Crippen molar-refractivity contribution in [2.45, 2.75) is 51.2 Å². The molecule has 17 heavy (non-hydrogen) atoms. The van der Waals surface area contributed by atoms with Crippen molar-refractivity contribution >= 4 is 6.03 Å². The molecule has 1 rings (SSSR count). The molecule has 100 valence electrons. The van der Waals surface area contributed by atoms with Crippen LogP contribution in [-0.2, 0) is 0 Å². The molecule has 0 aromatic rings. The number of hydrogen-bond donors (Lipinski definition) is 1. The van der Waals surface area contributed by atoms with Crippen LogP contribution in [-0.4, -0.2) is 36.2 Å². The van der Waals surface area contributed by atoms with Gasteiger partial charge in [0.05, 0.1) is 0 Å². The highest BCUT2D eigenvalue weighted by molar-refractivity contribution is 5.74. The first-order valence-electron chi connectivity index (χ1n) is 6.05. The molecule has 6 heteroatoms. The van der Waals surface area contributed by atoms with Crippen LogP contribution in [0, 0.1) is 0 Å². The highest BCUT2D eigenvalue weighted by Crippen LogP contribution is 2.21. The molecule has 1 aliphatic heterocycles. The summed E-state index contributed by atoms with van der Waals surface area (Å²) in [7, 11) is 0. The molecule has 0 aliphatic carbocycles. The molecular weight excluding hydrogens is 233 g/mol. The summed E-state index contributed by atoms with van der Waals surface area (Å²) in [5, 5.41) is 1.94. The molecule has 0 aromatic heterocycles. The van der Waals surface area contributed by atoms with Gasteiger partial charge in [0.2, 0.25) is 0 Å². The number of urea groups is 1. The van der Waals surface area contributed by atoms with Gasteiger partial charge < -0.3 is 10.2 Å². The van der Waals surface area contributed by atoms with Gasteiger partial charge in [-0.15, -0.1) is 0 Å². The van der Waals surface area contributed by atoms with Crippen LogP contribution >= 0.6 is 0 Å². The lowest BCUT2D eigenvalue weighted by atomic mass is 9.99. The lowest BCUT2D eigenvalue weighted by Gasteiger charge is -2.35. The topological polar surface area (TPSA) is 32.3 Å². The molecule has 1 aliphatic rings. The van der Waals surface area contributed by atoms with Gasteiger partial charge in [-0.05, 0) is 25.7 Å². The third kappa shape index (κ3) is 4.83. The largest absolute Gasteiger partial charge is 0.405 e. The normalized spacial score (nSPS) is 21.4. The van der Waals surface area contributed by atoms with Crippen LogP contribution in [0.4, 0.5) is 18.0 Å². The molecule has 1 N–H and O–H groups in total. The Kier molecular flexibility index (Phi) is 5.08. The molecule has 0 bridgehead atoms. The summed E-state index contributed by atoms with van der Waals surface area (Å²) in [6, 6.07) is -0.484. The maximum absolute atomic E-state index is 12.0. The van der Waals surface area contributed by atoms with Gasteiger partial charge in [0.1, 0.15) is 6.54 Å². The molecule has 0 radical (unpaired) electrons. The van der Waals surface area contributed by atoms with E-state index in [4.69, 9.17) is 0 Å². The zero-order chi connectivity index (χ0) is 12.9. The third-order valence-electron chi connectivity index (χ3n) is 2.95. The molecule has 1 unspecified atom stereocenters. The maximum atomic E-state index is 12.0. The summed E-state index contributed by atoms with van der Waals surface area (Å²) in [5.41, 5.74) is 0. The van der Waals surface area contributed by atoms with Gasteiger partial charge >= 0.3 is 12.2 Å². The predicted octanol–water partition coefficient (Wildman–Crippen LogP) is 2.91. The Labute approximate surface area is 99.4 Å². The van der Waals surface area contributed by atoms with Crippen molar-refractivity contribution in [1.29, 1.82) is 0 Å². The molecule has 0 aromatic carbocycles. The van der Waals surface area contributed by atoms with Crippen LogP contribution in [0.15, 0.2) is 0 Å². The number of carbonyl (C=O) groups is 1. The summed E-state index contributed by atoms with van der Waals surface area (Å²) in [6.45, 7) is 1.33. The van der Waals surface area contributed by atoms with Gasteiger partial charge in [0.25, 0.3) is 0 Å². The van der Waals surface area contributed by atoms with E-state index in [1.165, 1.54) is 0 Å². The SMILES string of the molecule is CCCC1CCCCN1C(=O)NCC(F)(F)F. The number of alkyl halides is 3. The predicted molar refractivity (Wildman–Crippen MR) is 58.7 cm³/mol. The highest BCUT2D eigenvalue weighted by Gasteiger charge is 2.31. The first kappa shape index (κ1) is 14.1. The van der Waals surface area contributed by atoms with E-state index < -0.39 is 18.8 Å². The van der Waals surface area contributed by atoms with Crippen molar-refractivity contribution in [2.75, 3.05) is 13.1 Å². The Balaban J connectivity index is 2.47. The quantitative estimate of drug-likeness (QED) is 0.823. The molecule has 0 saturated carbocycles. The van der Waals surface area contributed by atoms with Gasteiger partial charge in [-0.3, -0.25) is 0 Å². The van der Waals surface area contributed by atoms with Crippen LogP contribution in [0.2, 0.25) is 0 Å². The van der Waals surface area contributed by atoms with Crippen molar-refractivity contribution in [2.24, 2.45) is 0 Å². The fraction of sp³-hybridized carbons (Fsp3) is 0.909. The Bertz CT molecular complexity index is 254. The minimum atomic E-state index is -4.34. The van der Waals surface area contributed by atoms with Gasteiger partial charge in [-0.2, -0.15) is 13.2 Å². The fourth-order valence-electron chi connectivity index (χ4n) is 2.18.